The van der Waals surface area contributed by atoms with Gasteiger partial charge in [0.2, 0.25) is 5.91 Å². The van der Waals surface area contributed by atoms with Gasteiger partial charge in [-0.1, -0.05) is 42.5 Å². The van der Waals surface area contributed by atoms with Gasteiger partial charge in [0.05, 0.1) is 6.61 Å². The summed E-state index contributed by atoms with van der Waals surface area (Å²) in [7, 11) is 0. The van der Waals surface area contributed by atoms with E-state index in [1.807, 2.05) is 17.2 Å². The van der Waals surface area contributed by atoms with Crippen LogP contribution in [0, 0.1) is 11.8 Å². The number of aromatic nitrogens is 2. The monoisotopic (exact) mass is 486 g/mol. The molecule has 2 aliphatic heterocycles. The van der Waals surface area contributed by atoms with Gasteiger partial charge in [0.15, 0.2) is 0 Å². The minimum absolute atomic E-state index is 0.137. The highest BCUT2D eigenvalue weighted by molar-refractivity contribution is 5.76. The quantitative estimate of drug-likeness (QED) is 0.442. The normalized spacial score (nSPS) is 19.3. The van der Waals surface area contributed by atoms with Crippen molar-refractivity contribution in [1.82, 2.24) is 19.6 Å². The maximum Gasteiger partial charge on any atom is 0.244 e. The Morgan fingerprint density at radius 1 is 0.917 bits per heavy atom. The number of benzene rings is 2. The molecule has 1 aromatic heterocycles. The van der Waals surface area contributed by atoms with Crippen molar-refractivity contribution in [2.45, 2.75) is 45.2 Å². The van der Waals surface area contributed by atoms with Crippen molar-refractivity contribution in [2.24, 2.45) is 11.8 Å². The third-order valence-corrected chi connectivity index (χ3v) is 7.59. The summed E-state index contributed by atoms with van der Waals surface area (Å²) in [5.74, 6) is 2.23. The fraction of sp³-hybridized carbons (Fsp3) is 0.467. The molecule has 0 N–H and O–H groups in total. The first-order chi connectivity index (χ1) is 17.7. The summed E-state index contributed by atoms with van der Waals surface area (Å²) in [6.45, 7) is 5.85. The lowest BCUT2D eigenvalue weighted by molar-refractivity contribution is -0.134. The number of hydrogen-bond acceptors (Lipinski definition) is 4. The topological polar surface area (TPSA) is 50.6 Å². The van der Waals surface area contributed by atoms with Crippen LogP contribution in [0.15, 0.2) is 73.1 Å². The van der Waals surface area contributed by atoms with Gasteiger partial charge < -0.3 is 9.64 Å². The van der Waals surface area contributed by atoms with Crippen LogP contribution in [0.4, 0.5) is 0 Å². The molecule has 0 saturated carbocycles. The molecule has 2 fully saturated rings. The summed E-state index contributed by atoms with van der Waals surface area (Å²) < 4.78 is 7.91. The summed E-state index contributed by atoms with van der Waals surface area (Å²) in [6.07, 6.45) is 9.41. The molecule has 36 heavy (non-hydrogen) atoms. The molecule has 1 atom stereocenters. The van der Waals surface area contributed by atoms with Crippen LogP contribution in [-0.4, -0.2) is 58.3 Å². The number of nitrogens with zero attached hydrogens (tertiary/aromatic N) is 4. The minimum Gasteiger partial charge on any atom is -0.493 e. The molecular formula is C30H38N4O2. The first kappa shape index (κ1) is 24.6. The summed E-state index contributed by atoms with van der Waals surface area (Å²) >= 11 is 0. The molecule has 6 nitrogen and oxygen atoms in total. The van der Waals surface area contributed by atoms with E-state index < -0.39 is 0 Å². The smallest absolute Gasteiger partial charge is 0.244 e. The van der Waals surface area contributed by atoms with Crippen LogP contribution in [0.5, 0.6) is 5.75 Å². The van der Waals surface area contributed by atoms with Gasteiger partial charge in [-0.15, -0.1) is 0 Å². The van der Waals surface area contributed by atoms with Crippen LogP contribution in [0.1, 0.15) is 36.8 Å². The van der Waals surface area contributed by atoms with E-state index in [0.29, 0.717) is 19.1 Å². The lowest BCUT2D eigenvalue weighted by atomic mass is 9.90. The molecule has 0 radical (unpaired) electrons. The Labute approximate surface area is 214 Å². The molecule has 190 valence electrons. The van der Waals surface area contributed by atoms with Crippen molar-refractivity contribution in [1.29, 1.82) is 0 Å². The van der Waals surface area contributed by atoms with Crippen LogP contribution in [0.25, 0.3) is 0 Å². The van der Waals surface area contributed by atoms with E-state index >= 15 is 0 Å². The highest BCUT2D eigenvalue weighted by Crippen LogP contribution is 2.24. The fourth-order valence-corrected chi connectivity index (χ4v) is 5.56. The SMILES string of the molecule is O=C(Cn1cccn1)N1CCC[C@@H](COc2cccc(CN3CCC(Cc4ccccc4)CC3)c2)C1. The van der Waals surface area contributed by atoms with Gasteiger partial charge in [-0.3, -0.25) is 14.4 Å². The fourth-order valence-electron chi connectivity index (χ4n) is 5.56. The van der Waals surface area contributed by atoms with Crippen LogP contribution in [0.3, 0.4) is 0 Å². The van der Waals surface area contributed by atoms with E-state index in [1.165, 1.54) is 30.4 Å². The van der Waals surface area contributed by atoms with Crippen molar-refractivity contribution in [3.63, 3.8) is 0 Å². The van der Waals surface area contributed by atoms with Crippen molar-refractivity contribution in [2.75, 3.05) is 32.8 Å². The zero-order valence-electron chi connectivity index (χ0n) is 21.2. The second kappa shape index (κ2) is 12.2. The number of carbonyl (C=O) groups is 1. The summed E-state index contributed by atoms with van der Waals surface area (Å²) in [4.78, 5) is 17.2. The molecule has 2 aliphatic rings. The van der Waals surface area contributed by atoms with E-state index in [0.717, 1.165) is 57.2 Å². The summed E-state index contributed by atoms with van der Waals surface area (Å²) in [6, 6.07) is 21.3. The highest BCUT2D eigenvalue weighted by atomic mass is 16.5. The Kier molecular flexibility index (Phi) is 8.34. The first-order valence-electron chi connectivity index (χ1n) is 13.4. The van der Waals surface area contributed by atoms with Gasteiger partial charge in [-0.2, -0.15) is 5.10 Å². The number of hydrogen-bond donors (Lipinski definition) is 0. The molecule has 0 unspecified atom stereocenters. The standard InChI is InChI=1S/C30H38N4O2/c35-30(23-34-16-6-14-31-34)33-15-5-10-28(22-33)24-36-29-11-4-9-27(20-29)21-32-17-12-26(13-18-32)19-25-7-2-1-3-8-25/h1-4,6-9,11,14,16,20,26,28H,5,10,12-13,15,17-19,21-24H2/t28-/m1/s1. The Hall–Kier alpha value is -3.12. The Bertz CT molecular complexity index is 1080. The van der Waals surface area contributed by atoms with Gasteiger partial charge in [-0.05, 0) is 80.4 Å². The number of likely N-dealkylation sites (tertiary alicyclic amines) is 2. The van der Waals surface area contributed by atoms with Crippen LogP contribution in [-0.2, 0) is 24.3 Å². The molecule has 0 spiro atoms. The Balaban J connectivity index is 1.06. The molecule has 0 bridgehead atoms. The van der Waals surface area contributed by atoms with E-state index in [-0.39, 0.29) is 5.91 Å². The zero-order chi connectivity index (χ0) is 24.6. The van der Waals surface area contributed by atoms with E-state index in [9.17, 15) is 4.79 Å². The van der Waals surface area contributed by atoms with Gasteiger partial charge in [0.1, 0.15) is 12.3 Å². The van der Waals surface area contributed by atoms with Crippen molar-refractivity contribution in [3.8, 4) is 5.75 Å². The maximum absolute atomic E-state index is 12.7. The van der Waals surface area contributed by atoms with Gasteiger partial charge in [0, 0.05) is 37.9 Å². The predicted molar refractivity (Wildman–Crippen MR) is 142 cm³/mol. The van der Waals surface area contributed by atoms with Crippen molar-refractivity contribution in [3.05, 3.63) is 84.2 Å². The van der Waals surface area contributed by atoms with E-state index in [2.05, 4.69) is 64.6 Å². The predicted octanol–water partition coefficient (Wildman–Crippen LogP) is 4.66. The van der Waals surface area contributed by atoms with Crippen LogP contribution in [0.2, 0.25) is 0 Å². The maximum atomic E-state index is 12.7. The van der Waals surface area contributed by atoms with Crippen molar-refractivity contribution < 1.29 is 9.53 Å². The lowest BCUT2D eigenvalue weighted by Gasteiger charge is -2.33. The Morgan fingerprint density at radius 3 is 2.56 bits per heavy atom. The van der Waals surface area contributed by atoms with Gasteiger partial charge >= 0.3 is 0 Å². The van der Waals surface area contributed by atoms with Crippen LogP contribution < -0.4 is 4.74 Å². The zero-order valence-corrected chi connectivity index (χ0v) is 21.2. The lowest BCUT2D eigenvalue weighted by Crippen LogP contribution is -2.43. The molecule has 2 aromatic carbocycles. The molecule has 3 aromatic rings. The number of piperidine rings is 2. The molecule has 3 heterocycles. The highest BCUT2D eigenvalue weighted by Gasteiger charge is 2.24. The molecule has 5 rings (SSSR count). The molecule has 1 amide bonds. The molecule has 0 aliphatic carbocycles. The van der Waals surface area contributed by atoms with Gasteiger partial charge in [0.25, 0.3) is 0 Å². The third kappa shape index (κ3) is 6.97. The van der Waals surface area contributed by atoms with Crippen LogP contribution >= 0.6 is 0 Å². The van der Waals surface area contributed by atoms with E-state index in [4.69, 9.17) is 4.74 Å². The number of carbonyl (C=O) groups excluding carboxylic acids is 1. The average Bonchev–Trinajstić information content (AvgIpc) is 3.43. The number of ether oxygens (including phenoxy) is 1. The van der Waals surface area contributed by atoms with Crippen molar-refractivity contribution >= 4 is 5.91 Å². The summed E-state index contributed by atoms with van der Waals surface area (Å²) in [5.41, 5.74) is 2.78. The first-order valence-corrected chi connectivity index (χ1v) is 13.4. The molecule has 2 saturated heterocycles. The second-order valence-corrected chi connectivity index (χ2v) is 10.4. The second-order valence-electron chi connectivity index (χ2n) is 10.4. The molecule has 6 heteroatoms. The van der Waals surface area contributed by atoms with Gasteiger partial charge in [-0.25, -0.2) is 0 Å². The third-order valence-electron chi connectivity index (χ3n) is 7.59. The largest absolute Gasteiger partial charge is 0.493 e. The number of rotatable bonds is 9. The molecular weight excluding hydrogens is 448 g/mol. The number of amides is 1. The summed E-state index contributed by atoms with van der Waals surface area (Å²) in [5, 5.41) is 4.16. The van der Waals surface area contributed by atoms with E-state index in [1.54, 1.807) is 10.9 Å². The average molecular weight is 487 g/mol. The Morgan fingerprint density at radius 2 is 1.75 bits per heavy atom. The minimum atomic E-state index is 0.137.